The van der Waals surface area contributed by atoms with E-state index >= 15 is 0 Å². The Bertz CT molecular complexity index is 455. The fraction of sp³-hybridized carbons (Fsp3) is 0.571. The zero-order valence-electron chi connectivity index (χ0n) is 10.9. The lowest BCUT2D eigenvalue weighted by molar-refractivity contribution is -0.259. The standard InChI is InChI=1S/C14H18O4/c1-9-14(2,3)7-15-13(18-9)10-4-5-11-12(6-10)17-8-16-11/h4-6,9,13H,7-8H2,1-3H3/t9-,13+/m0/s1. The van der Waals surface area contributed by atoms with Crippen LogP contribution in [0.4, 0.5) is 0 Å². The summed E-state index contributed by atoms with van der Waals surface area (Å²) in [5.74, 6) is 1.54. The van der Waals surface area contributed by atoms with Gasteiger partial charge in [0.2, 0.25) is 6.79 Å². The van der Waals surface area contributed by atoms with Crippen LogP contribution in [0.3, 0.4) is 0 Å². The van der Waals surface area contributed by atoms with Crippen LogP contribution >= 0.6 is 0 Å². The second kappa shape index (κ2) is 4.14. The molecule has 0 amide bonds. The zero-order chi connectivity index (χ0) is 12.8. The average Bonchev–Trinajstić information content (AvgIpc) is 2.79. The summed E-state index contributed by atoms with van der Waals surface area (Å²) in [7, 11) is 0. The van der Waals surface area contributed by atoms with E-state index in [1.165, 1.54) is 0 Å². The number of ether oxygens (including phenoxy) is 4. The first-order valence-electron chi connectivity index (χ1n) is 6.23. The molecule has 0 radical (unpaired) electrons. The van der Waals surface area contributed by atoms with Gasteiger partial charge in [0, 0.05) is 11.0 Å². The second-order valence-corrected chi connectivity index (χ2v) is 5.52. The number of rotatable bonds is 1. The molecule has 1 aromatic rings. The van der Waals surface area contributed by atoms with Crippen LogP contribution in [0.5, 0.6) is 11.5 Å². The summed E-state index contributed by atoms with van der Waals surface area (Å²) in [5.41, 5.74) is 1.02. The first-order chi connectivity index (χ1) is 8.56. The average molecular weight is 250 g/mol. The second-order valence-electron chi connectivity index (χ2n) is 5.52. The van der Waals surface area contributed by atoms with Gasteiger partial charge in [0.1, 0.15) is 0 Å². The van der Waals surface area contributed by atoms with Gasteiger partial charge in [0.15, 0.2) is 17.8 Å². The fourth-order valence-corrected chi connectivity index (χ4v) is 2.05. The van der Waals surface area contributed by atoms with Crippen LogP contribution in [0.15, 0.2) is 18.2 Å². The van der Waals surface area contributed by atoms with Crippen LogP contribution in [0.1, 0.15) is 32.6 Å². The molecule has 2 heterocycles. The normalized spacial score (nSPS) is 29.3. The Hall–Kier alpha value is -1.26. The van der Waals surface area contributed by atoms with E-state index in [1.807, 2.05) is 18.2 Å². The number of fused-ring (bicyclic) bond motifs is 1. The molecule has 2 aliphatic heterocycles. The summed E-state index contributed by atoms with van der Waals surface area (Å²) in [6.45, 7) is 7.35. The molecule has 1 fully saturated rings. The maximum Gasteiger partial charge on any atom is 0.231 e. The predicted octanol–water partition coefficient (Wildman–Crippen LogP) is 2.88. The number of hydrogen-bond donors (Lipinski definition) is 0. The molecule has 2 atom stereocenters. The van der Waals surface area contributed by atoms with E-state index < -0.39 is 0 Å². The van der Waals surface area contributed by atoms with Crippen molar-refractivity contribution in [2.75, 3.05) is 13.4 Å². The maximum atomic E-state index is 5.93. The predicted molar refractivity (Wildman–Crippen MR) is 65.6 cm³/mol. The molecule has 0 bridgehead atoms. The lowest BCUT2D eigenvalue weighted by Crippen LogP contribution is -2.40. The van der Waals surface area contributed by atoms with Gasteiger partial charge in [-0.1, -0.05) is 13.8 Å². The van der Waals surface area contributed by atoms with Crippen LogP contribution in [0.2, 0.25) is 0 Å². The minimum Gasteiger partial charge on any atom is -0.454 e. The van der Waals surface area contributed by atoms with Gasteiger partial charge in [-0.2, -0.15) is 0 Å². The van der Waals surface area contributed by atoms with Crippen LogP contribution in [0.25, 0.3) is 0 Å². The van der Waals surface area contributed by atoms with Crippen molar-refractivity contribution < 1.29 is 18.9 Å². The van der Waals surface area contributed by atoms with Crippen molar-refractivity contribution in [3.8, 4) is 11.5 Å². The summed E-state index contributed by atoms with van der Waals surface area (Å²) in [6, 6.07) is 5.79. The molecule has 1 aromatic carbocycles. The number of benzene rings is 1. The molecule has 0 N–H and O–H groups in total. The molecule has 0 saturated carbocycles. The zero-order valence-corrected chi connectivity index (χ0v) is 10.9. The van der Waals surface area contributed by atoms with Gasteiger partial charge >= 0.3 is 0 Å². The summed E-state index contributed by atoms with van der Waals surface area (Å²) >= 11 is 0. The molecular formula is C14H18O4. The van der Waals surface area contributed by atoms with Gasteiger partial charge in [-0.05, 0) is 25.1 Å². The third-order valence-electron chi connectivity index (χ3n) is 3.70. The van der Waals surface area contributed by atoms with E-state index in [1.54, 1.807) is 0 Å². The van der Waals surface area contributed by atoms with Crippen molar-refractivity contribution in [3.05, 3.63) is 23.8 Å². The van der Waals surface area contributed by atoms with Crippen LogP contribution in [-0.4, -0.2) is 19.5 Å². The van der Waals surface area contributed by atoms with Crippen LogP contribution in [-0.2, 0) is 9.47 Å². The molecule has 0 aliphatic carbocycles. The van der Waals surface area contributed by atoms with Gasteiger partial charge in [-0.15, -0.1) is 0 Å². The Morgan fingerprint density at radius 2 is 1.94 bits per heavy atom. The minimum absolute atomic E-state index is 0.0485. The molecule has 0 aromatic heterocycles. The van der Waals surface area contributed by atoms with Gasteiger partial charge in [-0.25, -0.2) is 0 Å². The summed E-state index contributed by atoms with van der Waals surface area (Å²) in [6.07, 6.45) is -0.163. The molecule has 0 unspecified atom stereocenters. The topological polar surface area (TPSA) is 36.9 Å². The van der Waals surface area contributed by atoms with E-state index in [2.05, 4.69) is 20.8 Å². The Morgan fingerprint density at radius 3 is 2.72 bits per heavy atom. The first-order valence-corrected chi connectivity index (χ1v) is 6.23. The Balaban J connectivity index is 1.80. The van der Waals surface area contributed by atoms with Gasteiger partial charge in [0.25, 0.3) is 0 Å². The quantitative estimate of drug-likeness (QED) is 0.768. The van der Waals surface area contributed by atoms with E-state index in [9.17, 15) is 0 Å². The highest BCUT2D eigenvalue weighted by Crippen LogP contribution is 2.39. The summed E-state index contributed by atoms with van der Waals surface area (Å²) in [5, 5.41) is 0. The lowest BCUT2D eigenvalue weighted by atomic mass is 9.87. The molecule has 98 valence electrons. The molecule has 3 rings (SSSR count). The van der Waals surface area contributed by atoms with E-state index in [0.29, 0.717) is 6.61 Å². The minimum atomic E-state index is -0.317. The summed E-state index contributed by atoms with van der Waals surface area (Å²) < 4.78 is 22.4. The Labute approximate surface area is 107 Å². The summed E-state index contributed by atoms with van der Waals surface area (Å²) in [4.78, 5) is 0. The molecule has 18 heavy (non-hydrogen) atoms. The highest BCUT2D eigenvalue weighted by atomic mass is 16.7. The van der Waals surface area contributed by atoms with Crippen molar-refractivity contribution in [3.63, 3.8) is 0 Å². The van der Waals surface area contributed by atoms with Crippen molar-refractivity contribution in [2.45, 2.75) is 33.2 Å². The number of hydrogen-bond acceptors (Lipinski definition) is 4. The van der Waals surface area contributed by atoms with Crippen LogP contribution < -0.4 is 9.47 Å². The van der Waals surface area contributed by atoms with Crippen LogP contribution in [0, 0.1) is 5.41 Å². The van der Waals surface area contributed by atoms with E-state index in [4.69, 9.17) is 18.9 Å². The highest BCUT2D eigenvalue weighted by Gasteiger charge is 2.36. The van der Waals surface area contributed by atoms with Gasteiger partial charge in [0.05, 0.1) is 12.7 Å². The van der Waals surface area contributed by atoms with E-state index in [-0.39, 0.29) is 24.6 Å². The Kier molecular flexibility index (Phi) is 2.72. The van der Waals surface area contributed by atoms with Crippen molar-refractivity contribution in [1.82, 2.24) is 0 Å². The molecule has 1 saturated heterocycles. The fourth-order valence-electron chi connectivity index (χ4n) is 2.05. The highest BCUT2D eigenvalue weighted by molar-refractivity contribution is 5.44. The third kappa shape index (κ3) is 1.95. The lowest BCUT2D eigenvalue weighted by Gasteiger charge is -2.40. The maximum absolute atomic E-state index is 5.93. The SMILES string of the molecule is C[C@@H]1O[C@H](c2ccc3c(c2)OCO3)OCC1(C)C. The molecular weight excluding hydrogens is 232 g/mol. The van der Waals surface area contributed by atoms with Crippen molar-refractivity contribution >= 4 is 0 Å². The smallest absolute Gasteiger partial charge is 0.231 e. The van der Waals surface area contributed by atoms with E-state index in [0.717, 1.165) is 17.1 Å². The van der Waals surface area contributed by atoms with Gasteiger partial charge in [-0.3, -0.25) is 0 Å². The Morgan fingerprint density at radius 1 is 1.17 bits per heavy atom. The largest absolute Gasteiger partial charge is 0.454 e. The first kappa shape index (κ1) is 11.8. The molecule has 0 spiro atoms. The van der Waals surface area contributed by atoms with Crippen molar-refractivity contribution in [1.29, 1.82) is 0 Å². The monoisotopic (exact) mass is 250 g/mol. The van der Waals surface area contributed by atoms with Gasteiger partial charge < -0.3 is 18.9 Å². The van der Waals surface area contributed by atoms with Crippen molar-refractivity contribution in [2.24, 2.45) is 5.41 Å². The molecule has 2 aliphatic rings. The third-order valence-corrected chi connectivity index (χ3v) is 3.70. The molecule has 4 nitrogen and oxygen atoms in total. The molecule has 4 heteroatoms.